The summed E-state index contributed by atoms with van der Waals surface area (Å²) >= 11 is 0. The first-order chi connectivity index (χ1) is 7.09. The molecule has 3 amide bonds. The summed E-state index contributed by atoms with van der Waals surface area (Å²) in [7, 11) is 0. The molecule has 0 spiro atoms. The second kappa shape index (κ2) is 5.11. The van der Waals surface area contributed by atoms with Crippen LogP contribution >= 0.6 is 0 Å². The number of urea groups is 1. The largest absolute Gasteiger partial charge is 0.351 e. The molecule has 0 saturated carbocycles. The Morgan fingerprint density at radius 1 is 1.27 bits per heavy atom. The van der Waals surface area contributed by atoms with Crippen LogP contribution in [0.4, 0.5) is 4.79 Å². The van der Waals surface area contributed by atoms with E-state index >= 15 is 0 Å². The van der Waals surface area contributed by atoms with Gasteiger partial charge in [0.05, 0.1) is 6.04 Å². The summed E-state index contributed by atoms with van der Waals surface area (Å²) in [5.74, 6) is -0.564. The van der Waals surface area contributed by atoms with Crippen LogP contribution in [0.5, 0.6) is 0 Å². The van der Waals surface area contributed by atoms with Gasteiger partial charge in [-0.2, -0.15) is 0 Å². The average molecular weight is 207 g/mol. The third-order valence-corrected chi connectivity index (χ3v) is 1.88. The molecule has 5 heteroatoms. The van der Waals surface area contributed by atoms with E-state index in [1.165, 1.54) is 0 Å². The van der Waals surface area contributed by atoms with E-state index in [1.807, 2.05) is 35.6 Å². The first kappa shape index (κ1) is 11.2. The lowest BCUT2D eigenvalue weighted by atomic mass is 10.1. The van der Waals surface area contributed by atoms with Crippen LogP contribution in [-0.4, -0.2) is 18.0 Å². The standard InChI is InChI=1S/C10H13N3O2/c11-8(9(14)13-10(12)15)6-7-4-2-1-3-5-7/h1-5,8H,6,11H2,(H3,12,13,14,15)/t8-/m0/s1. The molecule has 80 valence electrons. The van der Waals surface area contributed by atoms with Crippen LogP contribution in [0.15, 0.2) is 30.3 Å². The number of hydrogen-bond acceptors (Lipinski definition) is 3. The highest BCUT2D eigenvalue weighted by atomic mass is 16.2. The van der Waals surface area contributed by atoms with Crippen molar-refractivity contribution >= 4 is 11.9 Å². The lowest BCUT2D eigenvalue weighted by molar-refractivity contribution is -0.121. The van der Waals surface area contributed by atoms with Crippen LogP contribution in [0, 0.1) is 0 Å². The average Bonchev–Trinajstić information content (AvgIpc) is 2.18. The molecule has 5 N–H and O–H groups in total. The molecular formula is C10H13N3O2. The van der Waals surface area contributed by atoms with Gasteiger partial charge in [-0.3, -0.25) is 10.1 Å². The minimum absolute atomic E-state index is 0.375. The molecule has 0 aromatic heterocycles. The second-order valence-corrected chi connectivity index (χ2v) is 3.15. The van der Waals surface area contributed by atoms with Crippen molar-refractivity contribution in [2.45, 2.75) is 12.5 Å². The summed E-state index contributed by atoms with van der Waals surface area (Å²) in [5, 5.41) is 1.94. The van der Waals surface area contributed by atoms with Gasteiger partial charge in [0.15, 0.2) is 0 Å². The van der Waals surface area contributed by atoms with E-state index < -0.39 is 18.0 Å². The number of primary amides is 1. The van der Waals surface area contributed by atoms with E-state index in [2.05, 4.69) is 0 Å². The molecule has 0 bridgehead atoms. The third-order valence-electron chi connectivity index (χ3n) is 1.88. The van der Waals surface area contributed by atoms with Crippen LogP contribution in [0.25, 0.3) is 0 Å². The predicted octanol–water partition coefficient (Wildman–Crippen LogP) is -0.249. The minimum Gasteiger partial charge on any atom is -0.351 e. The van der Waals surface area contributed by atoms with Crippen LogP contribution in [0.3, 0.4) is 0 Å². The van der Waals surface area contributed by atoms with E-state index in [1.54, 1.807) is 0 Å². The van der Waals surface area contributed by atoms with E-state index in [0.717, 1.165) is 5.56 Å². The Morgan fingerprint density at radius 3 is 2.40 bits per heavy atom. The van der Waals surface area contributed by atoms with Gasteiger partial charge in [-0.15, -0.1) is 0 Å². The van der Waals surface area contributed by atoms with Crippen molar-refractivity contribution in [2.24, 2.45) is 11.5 Å². The van der Waals surface area contributed by atoms with Gasteiger partial charge in [-0.25, -0.2) is 4.79 Å². The summed E-state index contributed by atoms with van der Waals surface area (Å²) in [4.78, 5) is 21.6. The van der Waals surface area contributed by atoms with Gasteiger partial charge in [0.25, 0.3) is 0 Å². The van der Waals surface area contributed by atoms with Crippen LogP contribution in [0.2, 0.25) is 0 Å². The lowest BCUT2D eigenvalue weighted by Gasteiger charge is -2.09. The fourth-order valence-corrected chi connectivity index (χ4v) is 1.17. The first-order valence-electron chi connectivity index (χ1n) is 4.49. The highest BCUT2D eigenvalue weighted by Gasteiger charge is 2.14. The number of hydrogen-bond donors (Lipinski definition) is 3. The zero-order valence-corrected chi connectivity index (χ0v) is 8.14. The quantitative estimate of drug-likeness (QED) is 0.637. The molecule has 1 rings (SSSR count). The van der Waals surface area contributed by atoms with Crippen LogP contribution in [0.1, 0.15) is 5.56 Å². The number of nitrogens with one attached hydrogen (secondary N) is 1. The van der Waals surface area contributed by atoms with Gasteiger partial charge in [0.1, 0.15) is 0 Å². The fourth-order valence-electron chi connectivity index (χ4n) is 1.17. The van der Waals surface area contributed by atoms with Crippen molar-refractivity contribution in [2.75, 3.05) is 0 Å². The summed E-state index contributed by atoms with van der Waals surface area (Å²) < 4.78 is 0. The molecular weight excluding hydrogens is 194 g/mol. The topological polar surface area (TPSA) is 98.2 Å². The Labute approximate surface area is 87.4 Å². The highest BCUT2D eigenvalue weighted by molar-refractivity contribution is 5.96. The number of nitrogens with two attached hydrogens (primary N) is 2. The molecule has 0 aliphatic carbocycles. The van der Waals surface area contributed by atoms with Gasteiger partial charge in [0.2, 0.25) is 5.91 Å². The molecule has 0 saturated heterocycles. The van der Waals surface area contributed by atoms with Gasteiger partial charge in [-0.1, -0.05) is 30.3 Å². The molecule has 0 unspecified atom stereocenters. The maximum absolute atomic E-state index is 11.2. The zero-order chi connectivity index (χ0) is 11.3. The van der Waals surface area contributed by atoms with Gasteiger partial charge in [0, 0.05) is 0 Å². The Morgan fingerprint density at radius 2 is 1.87 bits per heavy atom. The summed E-state index contributed by atoms with van der Waals surface area (Å²) in [5.41, 5.74) is 11.3. The molecule has 0 fully saturated rings. The monoisotopic (exact) mass is 207 g/mol. The van der Waals surface area contributed by atoms with E-state index in [4.69, 9.17) is 11.5 Å². The zero-order valence-electron chi connectivity index (χ0n) is 8.14. The number of carbonyl (C=O) groups excluding carboxylic acids is 2. The Balaban J connectivity index is 2.52. The molecule has 0 radical (unpaired) electrons. The number of amides is 3. The van der Waals surface area contributed by atoms with Gasteiger partial charge in [-0.05, 0) is 12.0 Å². The Bertz CT molecular complexity index is 351. The Hall–Kier alpha value is -1.88. The number of carbonyl (C=O) groups is 2. The third kappa shape index (κ3) is 3.78. The van der Waals surface area contributed by atoms with Gasteiger partial charge >= 0.3 is 6.03 Å². The molecule has 15 heavy (non-hydrogen) atoms. The highest BCUT2D eigenvalue weighted by Crippen LogP contribution is 2.01. The smallest absolute Gasteiger partial charge is 0.318 e. The normalized spacial score (nSPS) is 11.8. The van der Waals surface area contributed by atoms with E-state index in [0.29, 0.717) is 6.42 Å². The van der Waals surface area contributed by atoms with Crippen molar-refractivity contribution in [3.8, 4) is 0 Å². The second-order valence-electron chi connectivity index (χ2n) is 3.15. The lowest BCUT2D eigenvalue weighted by Crippen LogP contribution is -2.46. The predicted molar refractivity (Wildman–Crippen MR) is 55.8 cm³/mol. The van der Waals surface area contributed by atoms with Crippen molar-refractivity contribution in [3.63, 3.8) is 0 Å². The van der Waals surface area contributed by atoms with Crippen molar-refractivity contribution in [1.82, 2.24) is 5.32 Å². The molecule has 0 heterocycles. The molecule has 5 nitrogen and oxygen atoms in total. The SMILES string of the molecule is NC(=O)NC(=O)[C@@H](N)Cc1ccccc1. The van der Waals surface area contributed by atoms with Crippen LogP contribution in [-0.2, 0) is 11.2 Å². The van der Waals surface area contributed by atoms with Crippen molar-refractivity contribution in [1.29, 1.82) is 0 Å². The summed E-state index contributed by atoms with van der Waals surface area (Å²) in [6.45, 7) is 0. The first-order valence-corrected chi connectivity index (χ1v) is 4.49. The Kier molecular flexibility index (Phi) is 3.82. The van der Waals surface area contributed by atoms with Crippen molar-refractivity contribution in [3.05, 3.63) is 35.9 Å². The maximum Gasteiger partial charge on any atom is 0.318 e. The molecule has 0 aliphatic rings. The minimum atomic E-state index is -0.886. The van der Waals surface area contributed by atoms with E-state index in [-0.39, 0.29) is 0 Å². The van der Waals surface area contributed by atoms with E-state index in [9.17, 15) is 9.59 Å². The number of benzene rings is 1. The molecule has 0 aliphatic heterocycles. The van der Waals surface area contributed by atoms with Crippen LogP contribution < -0.4 is 16.8 Å². The number of rotatable bonds is 3. The summed E-state index contributed by atoms with van der Waals surface area (Å²) in [6, 6.07) is 7.65. The number of imide groups is 1. The van der Waals surface area contributed by atoms with Gasteiger partial charge < -0.3 is 11.5 Å². The summed E-state index contributed by atoms with van der Waals surface area (Å²) in [6.07, 6.45) is 0.375. The van der Waals surface area contributed by atoms with Crippen molar-refractivity contribution < 1.29 is 9.59 Å². The fraction of sp³-hybridized carbons (Fsp3) is 0.200. The maximum atomic E-state index is 11.2. The molecule has 1 aromatic carbocycles. The molecule has 1 atom stereocenters. The molecule has 1 aromatic rings.